The number of hydrogen-bond acceptors (Lipinski definition) is 7. The highest BCUT2D eigenvalue weighted by atomic mass is 16.5. The number of aryl methyl sites for hydroxylation is 1. The Bertz CT molecular complexity index is 1450. The normalized spacial score (nSPS) is 19.2. The van der Waals surface area contributed by atoms with E-state index in [0.29, 0.717) is 61.8 Å². The van der Waals surface area contributed by atoms with Crippen molar-refractivity contribution in [2.45, 2.75) is 71.6 Å². The number of amides is 1. The SMILES string of the molecule is CCCCCOc1ccc([C@@H]2/C(=C(\O)c3ccc4c(c3)C[C@@H](C)O4)C(=O)C(=O)N2CCCn2ccnc2)cc1OCC. The van der Waals surface area contributed by atoms with Crippen molar-refractivity contribution in [2.75, 3.05) is 19.8 Å². The van der Waals surface area contributed by atoms with E-state index in [4.69, 9.17) is 14.2 Å². The van der Waals surface area contributed by atoms with E-state index < -0.39 is 17.7 Å². The summed E-state index contributed by atoms with van der Waals surface area (Å²) < 4.78 is 19.7. The molecular weight excluding hydrogens is 534 g/mol. The van der Waals surface area contributed by atoms with Crippen LogP contribution in [0.4, 0.5) is 0 Å². The number of ketones is 1. The molecule has 1 saturated heterocycles. The van der Waals surface area contributed by atoms with Crippen LogP contribution >= 0.6 is 0 Å². The van der Waals surface area contributed by atoms with E-state index in [1.165, 1.54) is 0 Å². The summed E-state index contributed by atoms with van der Waals surface area (Å²) in [6.07, 6.45) is 9.74. The van der Waals surface area contributed by atoms with Crippen molar-refractivity contribution >= 4 is 17.4 Å². The summed E-state index contributed by atoms with van der Waals surface area (Å²) in [4.78, 5) is 32.7. The van der Waals surface area contributed by atoms with Gasteiger partial charge >= 0.3 is 0 Å². The molecular formula is C33H39N3O6. The standard InChI is InChI=1S/C33H39N3O6/c1-4-6-7-17-41-27-12-9-23(20-28(27)40-5-2)30-29(31(37)24-10-11-26-25(19-24)18-22(3)42-26)32(38)33(39)36(30)15-8-14-35-16-13-34-21-35/h9-13,16,19-22,30,37H,4-8,14-15,17-18H2,1-3H3/b31-29+/t22-,30-/m1/s1. The van der Waals surface area contributed by atoms with Crippen molar-refractivity contribution in [3.05, 3.63) is 77.4 Å². The highest BCUT2D eigenvalue weighted by Gasteiger charge is 2.46. The number of aliphatic hydroxyl groups excluding tert-OH is 1. The van der Waals surface area contributed by atoms with Crippen LogP contribution in [0.1, 0.15) is 69.2 Å². The minimum absolute atomic E-state index is 0.0400. The third-order valence-electron chi connectivity index (χ3n) is 7.67. The summed E-state index contributed by atoms with van der Waals surface area (Å²) in [5, 5.41) is 11.6. The molecule has 0 saturated carbocycles. The first kappa shape index (κ1) is 29.2. The van der Waals surface area contributed by atoms with Crippen molar-refractivity contribution in [3.63, 3.8) is 0 Å². The number of nitrogens with zero attached hydrogens (tertiary/aromatic N) is 3. The third-order valence-corrected chi connectivity index (χ3v) is 7.67. The fraction of sp³-hybridized carbons (Fsp3) is 0.424. The molecule has 0 bridgehead atoms. The summed E-state index contributed by atoms with van der Waals surface area (Å²) in [6.45, 7) is 7.97. The van der Waals surface area contributed by atoms with E-state index in [1.807, 2.05) is 54.9 Å². The summed E-state index contributed by atoms with van der Waals surface area (Å²) >= 11 is 0. The van der Waals surface area contributed by atoms with Gasteiger partial charge in [0.15, 0.2) is 11.5 Å². The topological polar surface area (TPSA) is 103 Å². The third kappa shape index (κ3) is 6.15. The number of carbonyl (C=O) groups is 2. The first-order valence-corrected chi connectivity index (χ1v) is 14.8. The van der Waals surface area contributed by atoms with Gasteiger partial charge in [-0.05, 0) is 68.1 Å². The molecule has 3 heterocycles. The van der Waals surface area contributed by atoms with Crippen LogP contribution in [0.3, 0.4) is 0 Å². The molecule has 9 heteroatoms. The van der Waals surface area contributed by atoms with Gasteiger partial charge in [-0.1, -0.05) is 25.8 Å². The largest absolute Gasteiger partial charge is 0.507 e. The molecule has 3 aromatic rings. The highest BCUT2D eigenvalue weighted by molar-refractivity contribution is 6.46. The predicted octanol–water partition coefficient (Wildman–Crippen LogP) is 5.69. The Kier molecular flexibility index (Phi) is 9.15. The van der Waals surface area contributed by atoms with Crippen LogP contribution in [0, 0.1) is 0 Å². The molecule has 2 aliphatic rings. The number of benzene rings is 2. The Morgan fingerprint density at radius 2 is 1.90 bits per heavy atom. The number of ether oxygens (including phenoxy) is 3. The van der Waals surface area contributed by atoms with Crippen LogP contribution < -0.4 is 14.2 Å². The molecule has 2 aromatic carbocycles. The van der Waals surface area contributed by atoms with Crippen LogP contribution in [-0.2, 0) is 22.6 Å². The zero-order valence-electron chi connectivity index (χ0n) is 24.5. The van der Waals surface area contributed by atoms with Crippen LogP contribution in [0.5, 0.6) is 17.2 Å². The monoisotopic (exact) mass is 573 g/mol. The van der Waals surface area contributed by atoms with Crippen molar-refractivity contribution < 1.29 is 28.9 Å². The molecule has 0 spiro atoms. The van der Waals surface area contributed by atoms with E-state index in [2.05, 4.69) is 11.9 Å². The fourth-order valence-electron chi connectivity index (χ4n) is 5.64. The van der Waals surface area contributed by atoms with Gasteiger partial charge in [-0.15, -0.1) is 0 Å². The molecule has 5 rings (SSSR count). The number of rotatable bonds is 13. The maximum absolute atomic E-state index is 13.6. The minimum atomic E-state index is -0.787. The smallest absolute Gasteiger partial charge is 0.295 e. The summed E-state index contributed by atoms with van der Waals surface area (Å²) in [7, 11) is 0. The van der Waals surface area contributed by atoms with Gasteiger partial charge in [0.1, 0.15) is 17.6 Å². The number of hydrogen-bond donors (Lipinski definition) is 1. The number of unbranched alkanes of at least 4 members (excludes halogenated alkanes) is 2. The average Bonchev–Trinajstić information content (AvgIpc) is 3.70. The van der Waals surface area contributed by atoms with Crippen LogP contribution in [-0.4, -0.2) is 57.1 Å². The molecule has 1 aromatic heterocycles. The number of aliphatic hydroxyl groups is 1. The first-order valence-electron chi connectivity index (χ1n) is 14.8. The van der Waals surface area contributed by atoms with Gasteiger partial charge < -0.3 is 28.8 Å². The maximum atomic E-state index is 13.6. The maximum Gasteiger partial charge on any atom is 0.295 e. The number of imidazole rings is 1. The Hall–Kier alpha value is -4.27. The van der Waals surface area contributed by atoms with E-state index in [0.717, 1.165) is 30.6 Å². The Morgan fingerprint density at radius 3 is 2.67 bits per heavy atom. The second-order valence-corrected chi connectivity index (χ2v) is 10.8. The zero-order valence-corrected chi connectivity index (χ0v) is 24.5. The number of aromatic nitrogens is 2. The summed E-state index contributed by atoms with van der Waals surface area (Å²) in [5.41, 5.74) is 2.17. The molecule has 42 heavy (non-hydrogen) atoms. The second-order valence-electron chi connectivity index (χ2n) is 10.8. The van der Waals surface area contributed by atoms with E-state index in [1.54, 1.807) is 23.5 Å². The molecule has 2 atom stereocenters. The first-order chi connectivity index (χ1) is 20.4. The molecule has 0 aliphatic carbocycles. The summed E-state index contributed by atoms with van der Waals surface area (Å²) in [6, 6.07) is 10.1. The Labute approximate surface area is 246 Å². The number of likely N-dealkylation sites (tertiary alicyclic amines) is 1. The van der Waals surface area contributed by atoms with Gasteiger partial charge in [-0.25, -0.2) is 4.98 Å². The Balaban J connectivity index is 1.52. The van der Waals surface area contributed by atoms with Gasteiger partial charge in [0.05, 0.1) is 31.2 Å². The van der Waals surface area contributed by atoms with Crippen molar-refractivity contribution in [2.24, 2.45) is 0 Å². The van der Waals surface area contributed by atoms with Crippen molar-refractivity contribution in [1.82, 2.24) is 14.5 Å². The molecule has 9 nitrogen and oxygen atoms in total. The average molecular weight is 574 g/mol. The number of Topliss-reactive ketones (excluding diaryl/α,β-unsaturated/α-hetero) is 1. The molecule has 0 radical (unpaired) electrons. The van der Waals surface area contributed by atoms with Crippen LogP contribution in [0.25, 0.3) is 5.76 Å². The number of carbonyl (C=O) groups excluding carboxylic acids is 2. The molecule has 1 N–H and O–H groups in total. The quantitative estimate of drug-likeness (QED) is 0.121. The second kappa shape index (κ2) is 13.1. The van der Waals surface area contributed by atoms with Crippen molar-refractivity contribution in [3.8, 4) is 17.2 Å². The van der Waals surface area contributed by atoms with Gasteiger partial charge in [0.25, 0.3) is 11.7 Å². The molecule has 222 valence electrons. The van der Waals surface area contributed by atoms with E-state index >= 15 is 0 Å². The lowest BCUT2D eigenvalue weighted by atomic mass is 9.94. The van der Waals surface area contributed by atoms with Gasteiger partial charge in [0.2, 0.25) is 0 Å². The molecule has 1 amide bonds. The summed E-state index contributed by atoms with van der Waals surface area (Å²) in [5.74, 6) is 0.383. The van der Waals surface area contributed by atoms with Crippen LogP contribution in [0.15, 0.2) is 60.7 Å². The van der Waals surface area contributed by atoms with Gasteiger partial charge in [-0.3, -0.25) is 9.59 Å². The molecule has 0 unspecified atom stereocenters. The molecule has 1 fully saturated rings. The Morgan fingerprint density at radius 1 is 1.05 bits per heavy atom. The molecule has 2 aliphatic heterocycles. The zero-order chi connectivity index (χ0) is 29.6. The minimum Gasteiger partial charge on any atom is -0.507 e. The van der Waals surface area contributed by atoms with Crippen LogP contribution in [0.2, 0.25) is 0 Å². The highest BCUT2D eigenvalue weighted by Crippen LogP contribution is 2.43. The van der Waals surface area contributed by atoms with Crippen molar-refractivity contribution in [1.29, 1.82) is 0 Å². The van der Waals surface area contributed by atoms with Gasteiger partial charge in [0, 0.05) is 37.5 Å². The lowest BCUT2D eigenvalue weighted by Gasteiger charge is -2.26. The lowest BCUT2D eigenvalue weighted by Crippen LogP contribution is -2.31. The predicted molar refractivity (Wildman–Crippen MR) is 159 cm³/mol. The van der Waals surface area contributed by atoms with E-state index in [-0.39, 0.29) is 17.4 Å². The fourth-order valence-corrected chi connectivity index (χ4v) is 5.64. The van der Waals surface area contributed by atoms with Gasteiger partial charge in [-0.2, -0.15) is 0 Å². The number of fused-ring (bicyclic) bond motifs is 1. The van der Waals surface area contributed by atoms with E-state index in [9.17, 15) is 14.7 Å². The lowest BCUT2D eigenvalue weighted by molar-refractivity contribution is -0.139.